The summed E-state index contributed by atoms with van der Waals surface area (Å²) in [5.74, 6) is 1.45. The van der Waals surface area contributed by atoms with Gasteiger partial charge >= 0.3 is 0 Å². The first kappa shape index (κ1) is 12.2. The molecule has 1 saturated heterocycles. The molecule has 2 atom stereocenters. The molecule has 4 nitrogen and oxygen atoms in total. The minimum atomic E-state index is 0.476. The van der Waals surface area contributed by atoms with Crippen molar-refractivity contribution in [2.45, 2.75) is 26.3 Å². The van der Waals surface area contributed by atoms with Gasteiger partial charge in [0, 0.05) is 18.8 Å². The van der Waals surface area contributed by atoms with E-state index in [1.165, 1.54) is 0 Å². The van der Waals surface area contributed by atoms with Crippen molar-refractivity contribution in [1.82, 2.24) is 9.88 Å². The van der Waals surface area contributed by atoms with Crippen LogP contribution in [0.5, 0.6) is 0 Å². The molecule has 3 N–H and O–H groups in total. The van der Waals surface area contributed by atoms with E-state index in [-0.39, 0.29) is 0 Å². The van der Waals surface area contributed by atoms with Crippen molar-refractivity contribution in [3.05, 3.63) is 17.8 Å². The molecule has 2 unspecified atom stereocenters. The third-order valence-electron chi connectivity index (χ3n) is 3.48. The maximum atomic E-state index is 5.98. The van der Waals surface area contributed by atoms with Gasteiger partial charge in [0.25, 0.3) is 0 Å². The Morgan fingerprint density at radius 3 is 2.94 bits per heavy atom. The Balaban J connectivity index is 2.05. The predicted molar refractivity (Wildman–Crippen MR) is 72.1 cm³/mol. The van der Waals surface area contributed by atoms with Gasteiger partial charge in [0.1, 0.15) is 5.82 Å². The van der Waals surface area contributed by atoms with Gasteiger partial charge in [0.15, 0.2) is 0 Å². The van der Waals surface area contributed by atoms with Crippen molar-refractivity contribution in [3.8, 4) is 0 Å². The number of anilines is 2. The van der Waals surface area contributed by atoms with E-state index >= 15 is 0 Å². The minimum absolute atomic E-state index is 0.476. The second kappa shape index (κ2) is 4.92. The molecule has 2 rings (SSSR count). The molecule has 2 heterocycles. The van der Waals surface area contributed by atoms with Crippen LogP contribution in [0.1, 0.15) is 18.9 Å². The van der Waals surface area contributed by atoms with Crippen molar-refractivity contribution in [3.63, 3.8) is 0 Å². The monoisotopic (exact) mass is 234 g/mol. The fourth-order valence-electron chi connectivity index (χ4n) is 2.46. The van der Waals surface area contributed by atoms with E-state index in [0.717, 1.165) is 36.6 Å². The molecule has 1 aliphatic rings. The zero-order chi connectivity index (χ0) is 12.4. The van der Waals surface area contributed by atoms with Crippen LogP contribution in [0.15, 0.2) is 12.3 Å². The first-order chi connectivity index (χ1) is 8.06. The lowest BCUT2D eigenvalue weighted by atomic mass is 9.94. The Hall–Kier alpha value is -1.29. The van der Waals surface area contributed by atoms with Gasteiger partial charge in [0.2, 0.25) is 0 Å². The first-order valence-corrected chi connectivity index (χ1v) is 6.23. The van der Waals surface area contributed by atoms with E-state index in [9.17, 15) is 0 Å². The fraction of sp³-hybridized carbons (Fsp3) is 0.615. The number of pyridine rings is 1. The van der Waals surface area contributed by atoms with Crippen LogP contribution in [-0.2, 0) is 0 Å². The van der Waals surface area contributed by atoms with Gasteiger partial charge in [-0.1, -0.05) is 6.92 Å². The van der Waals surface area contributed by atoms with Crippen LogP contribution in [0.4, 0.5) is 11.5 Å². The second-order valence-corrected chi connectivity index (χ2v) is 5.23. The van der Waals surface area contributed by atoms with Gasteiger partial charge in [0.05, 0.1) is 5.69 Å². The number of nitrogens with zero attached hydrogens (tertiary/aromatic N) is 2. The molecule has 0 aliphatic carbocycles. The van der Waals surface area contributed by atoms with Crippen molar-refractivity contribution >= 4 is 11.5 Å². The van der Waals surface area contributed by atoms with Crippen LogP contribution < -0.4 is 11.1 Å². The molecule has 17 heavy (non-hydrogen) atoms. The van der Waals surface area contributed by atoms with Crippen LogP contribution in [0, 0.1) is 12.8 Å². The number of nitrogens with one attached hydrogen (secondary N) is 1. The number of piperidine rings is 1. The van der Waals surface area contributed by atoms with Gasteiger partial charge < -0.3 is 16.0 Å². The number of nitrogen functional groups attached to an aromatic ring is 1. The first-order valence-electron chi connectivity index (χ1n) is 6.23. The van der Waals surface area contributed by atoms with Crippen molar-refractivity contribution in [1.29, 1.82) is 0 Å². The van der Waals surface area contributed by atoms with Crippen molar-refractivity contribution in [2.75, 3.05) is 31.2 Å². The maximum Gasteiger partial charge on any atom is 0.149 e. The number of hydrogen-bond acceptors (Lipinski definition) is 4. The van der Waals surface area contributed by atoms with Gasteiger partial charge in [-0.25, -0.2) is 4.98 Å². The molecule has 0 saturated carbocycles. The summed E-state index contributed by atoms with van der Waals surface area (Å²) in [6.45, 7) is 6.54. The van der Waals surface area contributed by atoms with Gasteiger partial charge in [-0.15, -0.1) is 0 Å². The summed E-state index contributed by atoms with van der Waals surface area (Å²) in [4.78, 5) is 6.75. The zero-order valence-electron chi connectivity index (χ0n) is 10.9. The third kappa shape index (κ3) is 2.88. The largest absolute Gasteiger partial charge is 0.396 e. The van der Waals surface area contributed by atoms with Crippen LogP contribution >= 0.6 is 0 Å². The Kier molecular flexibility index (Phi) is 3.52. The highest BCUT2D eigenvalue weighted by Gasteiger charge is 2.24. The summed E-state index contributed by atoms with van der Waals surface area (Å²) in [6, 6.07) is 2.44. The number of hydrogen-bond donors (Lipinski definition) is 2. The van der Waals surface area contributed by atoms with Crippen molar-refractivity contribution in [2.24, 2.45) is 5.92 Å². The smallest absolute Gasteiger partial charge is 0.149 e. The van der Waals surface area contributed by atoms with Crippen molar-refractivity contribution < 1.29 is 0 Å². The Morgan fingerprint density at radius 2 is 2.29 bits per heavy atom. The quantitative estimate of drug-likeness (QED) is 0.818. The summed E-state index contributed by atoms with van der Waals surface area (Å²) in [7, 11) is 2.17. The van der Waals surface area contributed by atoms with Crippen LogP contribution in [0.25, 0.3) is 0 Å². The van der Waals surface area contributed by atoms with E-state index in [0.29, 0.717) is 12.0 Å². The average molecular weight is 234 g/mol. The zero-order valence-corrected chi connectivity index (χ0v) is 10.9. The summed E-state index contributed by atoms with van der Waals surface area (Å²) in [6.07, 6.45) is 3.00. The summed E-state index contributed by atoms with van der Waals surface area (Å²) in [5, 5.41) is 3.48. The molecule has 1 aliphatic heterocycles. The number of rotatable bonds is 2. The topological polar surface area (TPSA) is 54.2 Å². The number of likely N-dealkylation sites (tertiary alicyclic amines) is 1. The highest BCUT2D eigenvalue weighted by atomic mass is 15.1. The van der Waals surface area contributed by atoms with Crippen LogP contribution in [0.2, 0.25) is 0 Å². The molecule has 0 spiro atoms. The summed E-state index contributed by atoms with van der Waals surface area (Å²) < 4.78 is 0. The lowest BCUT2D eigenvalue weighted by Gasteiger charge is -2.35. The number of aromatic nitrogens is 1. The Morgan fingerprint density at radius 1 is 1.53 bits per heavy atom. The summed E-state index contributed by atoms with van der Waals surface area (Å²) >= 11 is 0. The normalized spacial score (nSPS) is 25.8. The molecule has 4 heteroatoms. The van der Waals surface area contributed by atoms with E-state index in [4.69, 9.17) is 5.73 Å². The van der Waals surface area contributed by atoms with E-state index in [1.807, 2.05) is 19.2 Å². The van der Waals surface area contributed by atoms with E-state index in [2.05, 4.69) is 29.2 Å². The van der Waals surface area contributed by atoms with Gasteiger partial charge in [-0.2, -0.15) is 0 Å². The van der Waals surface area contributed by atoms with Gasteiger partial charge in [-0.05, 0) is 44.5 Å². The molecular weight excluding hydrogens is 212 g/mol. The van der Waals surface area contributed by atoms with Gasteiger partial charge in [-0.3, -0.25) is 0 Å². The SMILES string of the molecule is Cc1cnc(NC2CCN(C)CC2C)c(N)c1. The molecule has 1 aromatic heterocycles. The van der Waals surface area contributed by atoms with E-state index < -0.39 is 0 Å². The molecule has 1 fully saturated rings. The van der Waals surface area contributed by atoms with Crippen LogP contribution in [-0.4, -0.2) is 36.1 Å². The third-order valence-corrected chi connectivity index (χ3v) is 3.48. The Bertz CT molecular complexity index is 391. The Labute approximate surface area is 103 Å². The molecule has 0 aromatic carbocycles. The number of nitrogens with two attached hydrogens (primary N) is 1. The standard InChI is InChI=1S/C13H22N4/c1-9-6-11(14)13(15-7-9)16-12-4-5-17(3)8-10(12)2/h6-7,10,12H,4-5,8,14H2,1-3H3,(H,15,16). The molecule has 94 valence electrons. The highest BCUT2D eigenvalue weighted by Crippen LogP contribution is 2.23. The second-order valence-electron chi connectivity index (χ2n) is 5.23. The highest BCUT2D eigenvalue weighted by molar-refractivity contribution is 5.62. The average Bonchev–Trinajstić information content (AvgIpc) is 2.25. The molecule has 0 amide bonds. The fourth-order valence-corrected chi connectivity index (χ4v) is 2.46. The maximum absolute atomic E-state index is 5.98. The van der Waals surface area contributed by atoms with Crippen LogP contribution in [0.3, 0.4) is 0 Å². The lowest BCUT2D eigenvalue weighted by molar-refractivity contribution is 0.206. The number of aryl methyl sites for hydroxylation is 1. The summed E-state index contributed by atoms with van der Waals surface area (Å²) in [5.41, 5.74) is 7.82. The molecule has 0 radical (unpaired) electrons. The minimum Gasteiger partial charge on any atom is -0.396 e. The molecular formula is C13H22N4. The predicted octanol–water partition coefficient (Wildman–Crippen LogP) is 1.72. The lowest BCUT2D eigenvalue weighted by Crippen LogP contribution is -2.43. The van der Waals surface area contributed by atoms with E-state index in [1.54, 1.807) is 0 Å². The molecule has 1 aromatic rings. The molecule has 0 bridgehead atoms.